The van der Waals surface area contributed by atoms with Gasteiger partial charge >= 0.3 is 0 Å². The van der Waals surface area contributed by atoms with Crippen molar-refractivity contribution < 1.29 is 0 Å². The van der Waals surface area contributed by atoms with Crippen LogP contribution in [-0.4, -0.2) is 0 Å². The van der Waals surface area contributed by atoms with Crippen molar-refractivity contribution >= 4 is 24.4 Å². The second-order valence-electron chi connectivity index (χ2n) is 1.20. The third-order valence-corrected chi connectivity index (χ3v) is 1.15. The van der Waals surface area contributed by atoms with E-state index in [9.17, 15) is 0 Å². The molecule has 0 fully saturated rings. The first-order valence-electron chi connectivity index (χ1n) is 1.84. The number of allylic oxidation sites excluding steroid dienone is 1. The van der Waals surface area contributed by atoms with Gasteiger partial charge in [0.2, 0.25) is 0 Å². The minimum Gasteiger partial charge on any atom is -0.137 e. The Morgan fingerprint density at radius 1 is 1.57 bits per heavy atom. The molecule has 0 bridgehead atoms. The average Bonchev–Trinajstić information content (AvgIpc) is 1.27. The molecule has 0 rings (SSSR count). The van der Waals surface area contributed by atoms with Crippen LogP contribution in [-0.2, 0) is 0 Å². The summed E-state index contributed by atoms with van der Waals surface area (Å²) in [6.45, 7) is 9.13. The number of thiol groups is 1. The zero-order chi connectivity index (χ0) is 5.86. The Morgan fingerprint density at radius 2 is 2.00 bits per heavy atom. The lowest BCUT2D eigenvalue weighted by molar-refractivity contribution is 1.74. The van der Waals surface area contributed by atoms with Crippen molar-refractivity contribution in [3.8, 4) is 0 Å². The number of rotatable bonds is 2. The number of thioether (sulfide) groups is 1. The van der Waals surface area contributed by atoms with E-state index < -0.39 is 0 Å². The van der Waals surface area contributed by atoms with Gasteiger partial charge in [-0.2, -0.15) is 0 Å². The fourth-order valence-corrected chi connectivity index (χ4v) is 1.07. The predicted octanol–water partition coefficient (Wildman–Crippen LogP) is 2.65. The van der Waals surface area contributed by atoms with Crippen molar-refractivity contribution in [2.45, 2.75) is 6.92 Å². The minimum absolute atomic E-state index is 0.799. The highest BCUT2D eigenvalue weighted by Crippen LogP contribution is 2.23. The highest BCUT2D eigenvalue weighted by atomic mass is 32.2. The van der Waals surface area contributed by atoms with E-state index in [1.54, 1.807) is 0 Å². The van der Waals surface area contributed by atoms with Crippen molar-refractivity contribution in [1.29, 1.82) is 0 Å². The van der Waals surface area contributed by atoms with Crippen LogP contribution in [0.25, 0.3) is 0 Å². The lowest BCUT2D eigenvalue weighted by Crippen LogP contribution is -1.56. The molecule has 0 aromatic heterocycles. The summed E-state index contributed by atoms with van der Waals surface area (Å²) in [6, 6.07) is 0. The van der Waals surface area contributed by atoms with Crippen LogP contribution in [0, 0.1) is 0 Å². The smallest absolute Gasteiger partial charge is 0.0343 e. The summed E-state index contributed by atoms with van der Waals surface area (Å²) in [5.41, 5.74) is 0. The van der Waals surface area contributed by atoms with Crippen LogP contribution in [0.1, 0.15) is 6.92 Å². The van der Waals surface area contributed by atoms with Gasteiger partial charge < -0.3 is 0 Å². The largest absolute Gasteiger partial charge is 0.137 e. The van der Waals surface area contributed by atoms with Crippen molar-refractivity contribution in [1.82, 2.24) is 0 Å². The van der Waals surface area contributed by atoms with Gasteiger partial charge in [0.25, 0.3) is 0 Å². The Balaban J connectivity index is 3.32. The van der Waals surface area contributed by atoms with E-state index in [0.717, 1.165) is 9.14 Å². The first-order chi connectivity index (χ1) is 3.13. The Kier molecular flexibility index (Phi) is 3.30. The molecule has 0 radical (unpaired) electrons. The van der Waals surface area contributed by atoms with Gasteiger partial charge in [0.1, 0.15) is 0 Å². The molecule has 0 saturated heterocycles. The lowest BCUT2D eigenvalue weighted by atomic mass is 10.8. The summed E-state index contributed by atoms with van der Waals surface area (Å²) in [7, 11) is 0. The standard InChI is InChI=1S/C5H8S2/c1-4(2)7-5(3)6/h6H,1,3H2,2H3. The molecule has 0 aromatic rings. The van der Waals surface area contributed by atoms with Crippen LogP contribution < -0.4 is 0 Å². The monoisotopic (exact) mass is 132 g/mol. The Bertz CT molecular complexity index is 82.3. The first kappa shape index (κ1) is 7.18. The van der Waals surface area contributed by atoms with Gasteiger partial charge in [-0.1, -0.05) is 24.9 Å². The van der Waals surface area contributed by atoms with Crippen LogP contribution in [0.5, 0.6) is 0 Å². The number of hydrogen-bond donors (Lipinski definition) is 1. The molecule has 0 atom stereocenters. The van der Waals surface area contributed by atoms with Crippen LogP contribution >= 0.6 is 24.4 Å². The zero-order valence-electron chi connectivity index (χ0n) is 4.27. The topological polar surface area (TPSA) is 0 Å². The van der Waals surface area contributed by atoms with Crippen LogP contribution in [0.15, 0.2) is 22.3 Å². The normalized spacial score (nSPS) is 8.29. The molecule has 0 saturated carbocycles. The molecule has 40 valence electrons. The quantitative estimate of drug-likeness (QED) is 0.564. The Morgan fingerprint density at radius 3 is 2.00 bits per heavy atom. The predicted molar refractivity (Wildman–Crippen MR) is 40.5 cm³/mol. The molecule has 0 N–H and O–H groups in total. The van der Waals surface area contributed by atoms with Crippen LogP contribution in [0.2, 0.25) is 0 Å². The molecule has 0 amide bonds. The SMILES string of the molecule is C=C(C)SC(=C)S. The van der Waals surface area contributed by atoms with Gasteiger partial charge in [-0.15, -0.1) is 12.6 Å². The molecule has 7 heavy (non-hydrogen) atoms. The molecule has 0 heterocycles. The minimum atomic E-state index is 0.799. The summed E-state index contributed by atoms with van der Waals surface area (Å²) in [5, 5.41) is 0. The zero-order valence-corrected chi connectivity index (χ0v) is 5.98. The molecule has 0 spiro atoms. The van der Waals surface area contributed by atoms with Gasteiger partial charge in [-0.05, 0) is 11.8 Å². The van der Waals surface area contributed by atoms with Gasteiger partial charge in [-0.25, -0.2) is 0 Å². The van der Waals surface area contributed by atoms with Crippen LogP contribution in [0.3, 0.4) is 0 Å². The van der Waals surface area contributed by atoms with Crippen molar-refractivity contribution in [3.05, 3.63) is 22.3 Å². The third kappa shape index (κ3) is 6.18. The maximum atomic E-state index is 3.95. The van der Waals surface area contributed by atoms with Crippen molar-refractivity contribution in [2.24, 2.45) is 0 Å². The van der Waals surface area contributed by atoms with Crippen LogP contribution in [0.4, 0.5) is 0 Å². The van der Waals surface area contributed by atoms with E-state index in [1.807, 2.05) is 6.92 Å². The summed E-state index contributed by atoms with van der Waals surface area (Å²) in [5.74, 6) is 0. The van der Waals surface area contributed by atoms with E-state index in [2.05, 4.69) is 25.8 Å². The molecular weight excluding hydrogens is 124 g/mol. The molecule has 2 heteroatoms. The van der Waals surface area contributed by atoms with E-state index in [1.165, 1.54) is 11.8 Å². The summed E-state index contributed by atoms with van der Waals surface area (Å²) < 4.78 is 0.799. The van der Waals surface area contributed by atoms with E-state index >= 15 is 0 Å². The van der Waals surface area contributed by atoms with Crippen molar-refractivity contribution in [2.75, 3.05) is 0 Å². The van der Waals surface area contributed by atoms with Gasteiger partial charge in [0.15, 0.2) is 0 Å². The molecule has 0 aliphatic rings. The Labute approximate surface area is 54.1 Å². The molecular formula is C5H8S2. The molecule has 0 unspecified atom stereocenters. The maximum Gasteiger partial charge on any atom is 0.0343 e. The number of hydrogen-bond acceptors (Lipinski definition) is 2. The van der Waals surface area contributed by atoms with Gasteiger partial charge in [0, 0.05) is 4.24 Å². The van der Waals surface area contributed by atoms with Gasteiger partial charge in [-0.3, -0.25) is 0 Å². The molecule has 0 aliphatic carbocycles. The summed E-state index contributed by atoms with van der Waals surface area (Å²) in [4.78, 5) is 1.03. The lowest BCUT2D eigenvalue weighted by Gasteiger charge is -1.91. The second kappa shape index (κ2) is 3.22. The van der Waals surface area contributed by atoms with Crippen molar-refractivity contribution in [3.63, 3.8) is 0 Å². The highest BCUT2D eigenvalue weighted by Gasteiger charge is 1.83. The molecule has 0 nitrogen and oxygen atoms in total. The van der Waals surface area contributed by atoms with E-state index in [4.69, 9.17) is 0 Å². The van der Waals surface area contributed by atoms with E-state index in [-0.39, 0.29) is 0 Å². The molecule has 0 aliphatic heterocycles. The fraction of sp³-hybridized carbons (Fsp3) is 0.200. The average molecular weight is 132 g/mol. The highest BCUT2D eigenvalue weighted by molar-refractivity contribution is 8.17. The summed E-state index contributed by atoms with van der Waals surface area (Å²) in [6.07, 6.45) is 0. The molecule has 0 aromatic carbocycles. The summed E-state index contributed by atoms with van der Waals surface area (Å²) >= 11 is 5.43. The van der Waals surface area contributed by atoms with E-state index in [0.29, 0.717) is 0 Å². The maximum absolute atomic E-state index is 3.95. The first-order valence-corrected chi connectivity index (χ1v) is 3.10. The fourth-order valence-electron chi connectivity index (χ4n) is 0.201. The van der Waals surface area contributed by atoms with Gasteiger partial charge in [0.05, 0.1) is 0 Å². The second-order valence-corrected chi connectivity index (χ2v) is 3.43. The third-order valence-electron chi connectivity index (χ3n) is 0.292. The Hall–Kier alpha value is 0.180.